The van der Waals surface area contributed by atoms with Crippen LogP contribution < -0.4 is 10.0 Å². The average molecular weight is 395 g/mol. The molecule has 1 aromatic rings. The third kappa shape index (κ3) is 5.77. The molecule has 1 unspecified atom stereocenters. The number of alkyl halides is 3. The smallest absolute Gasteiger partial charge is 0.359 e. The van der Waals surface area contributed by atoms with E-state index in [2.05, 4.69) is 10.0 Å². The van der Waals surface area contributed by atoms with E-state index in [0.717, 1.165) is 11.2 Å². The van der Waals surface area contributed by atoms with Gasteiger partial charge in [0, 0.05) is 11.4 Å². The number of sulfonamides is 1. The Bertz CT molecular complexity index is 763. The van der Waals surface area contributed by atoms with Crippen LogP contribution in [0, 0.1) is 0 Å². The van der Waals surface area contributed by atoms with Crippen LogP contribution >= 0.6 is 0 Å². The van der Waals surface area contributed by atoms with Gasteiger partial charge in [0.1, 0.15) is 0 Å². The molecule has 7 nitrogen and oxygen atoms in total. The van der Waals surface area contributed by atoms with Crippen molar-refractivity contribution in [3.05, 3.63) is 24.3 Å². The third-order valence-electron chi connectivity index (χ3n) is 3.51. The number of nitrogens with zero attached hydrogens (tertiary/aromatic N) is 1. The summed E-state index contributed by atoms with van der Waals surface area (Å²) in [5.74, 6) is 0. The van der Waals surface area contributed by atoms with E-state index >= 15 is 0 Å². The van der Waals surface area contributed by atoms with E-state index in [1.54, 1.807) is 0 Å². The van der Waals surface area contributed by atoms with Crippen LogP contribution in [0.4, 0.5) is 29.3 Å². The number of nitrogens with one attached hydrogen (secondary N) is 2. The Morgan fingerprint density at radius 3 is 2.27 bits per heavy atom. The highest BCUT2D eigenvalue weighted by Crippen LogP contribution is 2.32. The summed E-state index contributed by atoms with van der Waals surface area (Å²) in [4.78, 5) is 13.4. The summed E-state index contributed by atoms with van der Waals surface area (Å²) in [5.41, 5.74) is -0.518. The summed E-state index contributed by atoms with van der Waals surface area (Å²) < 4.78 is 68.6. The second-order valence-electron chi connectivity index (χ2n) is 6.67. The maximum absolute atomic E-state index is 13.0. The van der Waals surface area contributed by atoms with Crippen LogP contribution in [0.15, 0.2) is 24.3 Å². The number of carbonyl (C=O) groups is 1. The molecule has 0 spiro atoms. The van der Waals surface area contributed by atoms with E-state index in [9.17, 15) is 26.4 Å². The number of hydrogen-bond donors (Lipinski definition) is 2. The van der Waals surface area contributed by atoms with Crippen LogP contribution in [-0.2, 0) is 14.8 Å². The fraction of sp³-hybridized carbons (Fsp3) is 0.533. The molecule has 0 bridgehead atoms. The number of urea groups is 1. The summed E-state index contributed by atoms with van der Waals surface area (Å²) >= 11 is 0. The lowest BCUT2D eigenvalue weighted by Crippen LogP contribution is -2.59. The van der Waals surface area contributed by atoms with Crippen molar-refractivity contribution in [2.75, 3.05) is 29.4 Å². The molecule has 0 radical (unpaired) electrons. The Balaban J connectivity index is 2.06. The maximum Gasteiger partial charge on any atom is 0.416 e. The van der Waals surface area contributed by atoms with Crippen molar-refractivity contribution < 1.29 is 31.1 Å². The molecule has 2 N–H and O–H groups in total. The molecule has 0 aliphatic carbocycles. The second kappa shape index (κ2) is 6.95. The van der Waals surface area contributed by atoms with Gasteiger partial charge in [-0.3, -0.25) is 4.72 Å². The van der Waals surface area contributed by atoms with Gasteiger partial charge in [-0.05, 0) is 38.1 Å². The van der Waals surface area contributed by atoms with Crippen LogP contribution in [0.5, 0.6) is 0 Å². The fourth-order valence-electron chi connectivity index (χ4n) is 2.55. The molecular formula is C15H20F3N3O4S. The molecule has 2 amide bonds. The van der Waals surface area contributed by atoms with Crippen LogP contribution in [-0.4, -0.2) is 56.6 Å². The van der Waals surface area contributed by atoms with Crippen LogP contribution in [0.25, 0.3) is 0 Å². The number of amides is 2. The summed E-state index contributed by atoms with van der Waals surface area (Å²) in [6.07, 6.45) is -5.63. The topological polar surface area (TPSA) is 87.7 Å². The highest BCUT2D eigenvalue weighted by molar-refractivity contribution is 7.92. The Kier molecular flexibility index (Phi) is 5.43. The molecule has 1 saturated heterocycles. The van der Waals surface area contributed by atoms with Crippen molar-refractivity contribution in [2.45, 2.75) is 31.7 Å². The minimum Gasteiger partial charge on any atom is -0.359 e. The predicted octanol–water partition coefficient (Wildman–Crippen LogP) is 2.63. The number of carbonyl (C=O) groups excluding carboxylic acids is 1. The second-order valence-corrected chi connectivity index (χ2v) is 8.42. The minimum absolute atomic E-state index is 0.000862. The third-order valence-corrected chi connectivity index (χ3v) is 4.12. The van der Waals surface area contributed by atoms with Crippen molar-refractivity contribution in [2.24, 2.45) is 0 Å². The quantitative estimate of drug-likeness (QED) is 0.824. The summed E-state index contributed by atoms with van der Waals surface area (Å²) in [7, 11) is -3.43. The van der Waals surface area contributed by atoms with Crippen molar-refractivity contribution in [1.82, 2.24) is 4.90 Å². The number of hydrogen-bond acceptors (Lipinski definition) is 4. The van der Waals surface area contributed by atoms with E-state index < -0.39 is 40.5 Å². The Labute approximate surface area is 149 Å². The zero-order valence-corrected chi connectivity index (χ0v) is 15.2. The lowest BCUT2D eigenvalue weighted by Gasteiger charge is -2.43. The monoisotopic (exact) mass is 395 g/mol. The lowest BCUT2D eigenvalue weighted by molar-refractivity contribution is -0.267. The Morgan fingerprint density at radius 2 is 1.77 bits per heavy atom. The summed E-state index contributed by atoms with van der Waals surface area (Å²) in [6, 6.07) is 5.05. The normalized spacial score (nSPS) is 20.5. The van der Waals surface area contributed by atoms with Crippen molar-refractivity contribution >= 4 is 27.4 Å². The highest BCUT2D eigenvalue weighted by Gasteiger charge is 2.49. The zero-order valence-electron chi connectivity index (χ0n) is 14.4. The molecule has 1 atom stereocenters. The van der Waals surface area contributed by atoms with Crippen LogP contribution in [0.2, 0.25) is 0 Å². The van der Waals surface area contributed by atoms with Gasteiger partial charge in [0.05, 0.1) is 24.9 Å². The van der Waals surface area contributed by atoms with Gasteiger partial charge in [0.25, 0.3) is 0 Å². The van der Waals surface area contributed by atoms with Gasteiger partial charge in [-0.15, -0.1) is 0 Å². The van der Waals surface area contributed by atoms with Gasteiger partial charge in [0.15, 0.2) is 6.10 Å². The first-order chi connectivity index (χ1) is 11.8. The van der Waals surface area contributed by atoms with E-state index in [4.69, 9.17) is 4.74 Å². The summed E-state index contributed by atoms with van der Waals surface area (Å²) in [5, 5.41) is 2.50. The Morgan fingerprint density at radius 1 is 1.23 bits per heavy atom. The first kappa shape index (κ1) is 20.3. The average Bonchev–Trinajstić information content (AvgIpc) is 2.45. The van der Waals surface area contributed by atoms with Gasteiger partial charge in [0.2, 0.25) is 10.0 Å². The molecule has 146 valence electrons. The molecule has 1 aliphatic rings. The van der Waals surface area contributed by atoms with Gasteiger partial charge in [-0.25, -0.2) is 13.2 Å². The van der Waals surface area contributed by atoms with E-state index in [1.807, 2.05) is 0 Å². The van der Waals surface area contributed by atoms with Gasteiger partial charge in [-0.2, -0.15) is 13.2 Å². The molecule has 1 aromatic carbocycles. The SMILES string of the molecule is CC1(C)CN(C(=O)Nc2ccc(NS(C)(=O)=O)cc2)CC(C(F)(F)F)O1. The molecule has 1 heterocycles. The van der Waals surface area contributed by atoms with Gasteiger partial charge in [-0.1, -0.05) is 0 Å². The van der Waals surface area contributed by atoms with Crippen molar-refractivity contribution in [1.29, 1.82) is 0 Å². The fourth-order valence-corrected chi connectivity index (χ4v) is 3.11. The Hall–Kier alpha value is -2.01. The minimum atomic E-state index is -4.57. The van der Waals surface area contributed by atoms with E-state index in [-0.39, 0.29) is 6.54 Å². The standard InChI is InChI=1S/C15H20F3N3O4S/c1-14(2)9-21(8-12(25-14)15(16,17)18)13(22)19-10-4-6-11(7-5-10)20-26(3,23)24/h4-7,12,20H,8-9H2,1-3H3,(H,19,22). The first-order valence-corrected chi connectivity index (χ1v) is 9.53. The molecule has 0 saturated carbocycles. The van der Waals surface area contributed by atoms with Crippen LogP contribution in [0.3, 0.4) is 0 Å². The number of rotatable bonds is 3. The summed E-state index contributed by atoms with van der Waals surface area (Å²) in [6.45, 7) is 2.36. The molecule has 0 aromatic heterocycles. The molecule has 1 aliphatic heterocycles. The number of ether oxygens (including phenoxy) is 1. The molecule has 26 heavy (non-hydrogen) atoms. The predicted molar refractivity (Wildman–Crippen MR) is 90.5 cm³/mol. The van der Waals surface area contributed by atoms with E-state index in [1.165, 1.54) is 38.1 Å². The van der Waals surface area contributed by atoms with Gasteiger partial charge < -0.3 is 15.0 Å². The molecule has 2 rings (SSSR count). The number of benzene rings is 1. The number of halogens is 3. The molecule has 11 heteroatoms. The van der Waals surface area contributed by atoms with Gasteiger partial charge >= 0.3 is 12.2 Å². The first-order valence-electron chi connectivity index (χ1n) is 7.63. The number of morpholine rings is 1. The lowest BCUT2D eigenvalue weighted by atomic mass is 10.1. The highest BCUT2D eigenvalue weighted by atomic mass is 32.2. The molecule has 1 fully saturated rings. The number of anilines is 2. The van der Waals surface area contributed by atoms with Crippen molar-refractivity contribution in [3.63, 3.8) is 0 Å². The van der Waals surface area contributed by atoms with E-state index in [0.29, 0.717) is 11.4 Å². The molecular weight excluding hydrogens is 375 g/mol. The maximum atomic E-state index is 13.0. The zero-order chi connectivity index (χ0) is 19.8. The largest absolute Gasteiger partial charge is 0.416 e. The van der Waals surface area contributed by atoms with Crippen molar-refractivity contribution in [3.8, 4) is 0 Å². The van der Waals surface area contributed by atoms with Crippen LogP contribution in [0.1, 0.15) is 13.8 Å².